The first-order valence-corrected chi connectivity index (χ1v) is 6.21. The Labute approximate surface area is 104 Å². The van der Waals surface area contributed by atoms with E-state index in [4.69, 9.17) is 0 Å². The summed E-state index contributed by atoms with van der Waals surface area (Å²) in [6.07, 6.45) is 0. The summed E-state index contributed by atoms with van der Waals surface area (Å²) in [4.78, 5) is 26.4. The van der Waals surface area contributed by atoms with Crippen molar-refractivity contribution in [2.45, 2.75) is 6.92 Å². The van der Waals surface area contributed by atoms with Gasteiger partial charge in [0.15, 0.2) is 5.13 Å². The van der Waals surface area contributed by atoms with Crippen molar-refractivity contribution in [2.24, 2.45) is 0 Å². The van der Waals surface area contributed by atoms with Crippen molar-refractivity contribution in [3.8, 4) is 0 Å². The van der Waals surface area contributed by atoms with Crippen LogP contribution in [0.2, 0.25) is 0 Å². The quantitative estimate of drug-likeness (QED) is 0.872. The van der Waals surface area contributed by atoms with Gasteiger partial charge in [-0.15, -0.1) is 21.5 Å². The summed E-state index contributed by atoms with van der Waals surface area (Å²) >= 11 is 2.40. The van der Waals surface area contributed by atoms with Crippen molar-refractivity contribution in [2.75, 3.05) is 10.6 Å². The summed E-state index contributed by atoms with van der Waals surface area (Å²) in [6.45, 7) is 1.38. The maximum Gasteiger partial charge on any atom is 0.277 e. The Balaban J connectivity index is 2.04. The Hall–Kier alpha value is -1.87. The standard InChI is InChI=1S/C8H7N5O2S2/c1-4(14)10-7-11-5(2-16-7)6(15)12-8-13-9-3-17-8/h2-3H,1H3,(H,10,11,14)(H,12,13,15). The van der Waals surface area contributed by atoms with E-state index < -0.39 is 0 Å². The number of hydrogen-bond donors (Lipinski definition) is 2. The minimum atomic E-state index is -0.380. The van der Waals surface area contributed by atoms with Gasteiger partial charge in [0, 0.05) is 12.3 Å². The molecule has 7 nitrogen and oxygen atoms in total. The summed E-state index contributed by atoms with van der Waals surface area (Å²) in [6, 6.07) is 0. The van der Waals surface area contributed by atoms with Crippen molar-refractivity contribution in [1.29, 1.82) is 0 Å². The Morgan fingerprint density at radius 3 is 2.71 bits per heavy atom. The lowest BCUT2D eigenvalue weighted by molar-refractivity contribution is -0.114. The fourth-order valence-electron chi connectivity index (χ4n) is 0.975. The van der Waals surface area contributed by atoms with Crippen molar-refractivity contribution in [1.82, 2.24) is 15.2 Å². The van der Waals surface area contributed by atoms with Crippen LogP contribution in [-0.4, -0.2) is 27.0 Å². The zero-order chi connectivity index (χ0) is 12.3. The monoisotopic (exact) mass is 269 g/mol. The van der Waals surface area contributed by atoms with Crippen LogP contribution >= 0.6 is 22.7 Å². The predicted octanol–water partition coefficient (Wildman–Crippen LogP) is 1.21. The van der Waals surface area contributed by atoms with E-state index in [1.807, 2.05) is 0 Å². The SMILES string of the molecule is CC(=O)Nc1nc(C(=O)Nc2nncs2)cs1. The number of anilines is 2. The van der Waals surface area contributed by atoms with Gasteiger partial charge in [-0.1, -0.05) is 11.3 Å². The summed E-state index contributed by atoms with van der Waals surface area (Å²) in [5, 5.41) is 14.7. The largest absolute Gasteiger partial charge is 0.302 e. The van der Waals surface area contributed by atoms with Gasteiger partial charge < -0.3 is 5.32 Å². The second-order valence-electron chi connectivity index (χ2n) is 2.92. The number of carbonyl (C=O) groups excluding carboxylic acids is 2. The molecule has 88 valence electrons. The molecule has 0 bridgehead atoms. The van der Waals surface area contributed by atoms with E-state index in [1.165, 1.54) is 35.1 Å². The topological polar surface area (TPSA) is 96.9 Å². The number of nitrogens with zero attached hydrogens (tertiary/aromatic N) is 3. The number of rotatable bonds is 3. The number of thiazole rings is 1. The molecule has 0 saturated carbocycles. The summed E-state index contributed by atoms with van der Waals surface area (Å²) in [7, 11) is 0. The summed E-state index contributed by atoms with van der Waals surface area (Å²) < 4.78 is 0. The highest BCUT2D eigenvalue weighted by Gasteiger charge is 2.12. The molecule has 2 amide bonds. The van der Waals surface area contributed by atoms with E-state index >= 15 is 0 Å². The molecule has 0 aliphatic carbocycles. The molecular weight excluding hydrogens is 262 g/mol. The minimum Gasteiger partial charge on any atom is -0.302 e. The Bertz CT molecular complexity index is 536. The van der Waals surface area contributed by atoms with Gasteiger partial charge >= 0.3 is 0 Å². The summed E-state index contributed by atoms with van der Waals surface area (Å²) in [5.41, 5.74) is 1.74. The van der Waals surface area contributed by atoms with Gasteiger partial charge in [0.1, 0.15) is 11.2 Å². The van der Waals surface area contributed by atoms with Crippen LogP contribution in [0, 0.1) is 0 Å². The smallest absolute Gasteiger partial charge is 0.277 e. The molecule has 0 saturated heterocycles. The molecule has 2 N–H and O–H groups in total. The number of aromatic nitrogens is 3. The third-order valence-corrected chi connectivity index (χ3v) is 2.96. The first-order valence-electron chi connectivity index (χ1n) is 4.46. The second-order valence-corrected chi connectivity index (χ2v) is 4.61. The van der Waals surface area contributed by atoms with Gasteiger partial charge in [-0.25, -0.2) is 4.98 Å². The van der Waals surface area contributed by atoms with Crippen LogP contribution in [0.15, 0.2) is 10.9 Å². The molecule has 2 heterocycles. The summed E-state index contributed by atoms with van der Waals surface area (Å²) in [5.74, 6) is -0.606. The van der Waals surface area contributed by atoms with E-state index in [-0.39, 0.29) is 17.5 Å². The maximum absolute atomic E-state index is 11.7. The van der Waals surface area contributed by atoms with E-state index in [9.17, 15) is 9.59 Å². The maximum atomic E-state index is 11.7. The molecule has 0 spiro atoms. The minimum absolute atomic E-state index is 0.226. The lowest BCUT2D eigenvalue weighted by Crippen LogP contribution is -2.12. The Morgan fingerprint density at radius 2 is 2.06 bits per heavy atom. The number of carbonyl (C=O) groups is 2. The van der Waals surface area contributed by atoms with E-state index in [0.717, 1.165) is 0 Å². The molecule has 0 unspecified atom stereocenters. The lowest BCUT2D eigenvalue weighted by Gasteiger charge is -1.96. The molecule has 0 aliphatic heterocycles. The first-order chi connectivity index (χ1) is 8.15. The van der Waals surface area contributed by atoms with E-state index in [2.05, 4.69) is 25.8 Å². The van der Waals surface area contributed by atoms with Gasteiger partial charge in [0.05, 0.1) is 0 Å². The number of hydrogen-bond acceptors (Lipinski definition) is 7. The average Bonchev–Trinajstić information content (AvgIpc) is 2.87. The zero-order valence-electron chi connectivity index (χ0n) is 8.63. The molecule has 2 rings (SSSR count). The molecule has 0 atom stereocenters. The van der Waals surface area contributed by atoms with Crippen LogP contribution < -0.4 is 10.6 Å². The van der Waals surface area contributed by atoms with Gasteiger partial charge in [0.25, 0.3) is 5.91 Å². The Morgan fingerprint density at radius 1 is 1.24 bits per heavy atom. The fraction of sp³-hybridized carbons (Fsp3) is 0.125. The third-order valence-electron chi connectivity index (χ3n) is 1.60. The van der Waals surface area contributed by atoms with Crippen LogP contribution in [0.1, 0.15) is 17.4 Å². The highest BCUT2D eigenvalue weighted by atomic mass is 32.1. The molecule has 9 heteroatoms. The molecule has 2 aromatic rings. The highest BCUT2D eigenvalue weighted by molar-refractivity contribution is 7.14. The van der Waals surface area contributed by atoms with Gasteiger partial charge in [-0.05, 0) is 0 Å². The van der Waals surface area contributed by atoms with Crippen LogP contribution in [0.5, 0.6) is 0 Å². The van der Waals surface area contributed by atoms with Crippen LogP contribution in [0.4, 0.5) is 10.3 Å². The molecule has 2 aromatic heterocycles. The van der Waals surface area contributed by atoms with Crippen molar-refractivity contribution in [3.63, 3.8) is 0 Å². The van der Waals surface area contributed by atoms with Gasteiger partial charge in [-0.2, -0.15) is 0 Å². The van der Waals surface area contributed by atoms with E-state index in [0.29, 0.717) is 10.3 Å². The predicted molar refractivity (Wildman–Crippen MR) is 64.3 cm³/mol. The lowest BCUT2D eigenvalue weighted by atomic mass is 10.5. The highest BCUT2D eigenvalue weighted by Crippen LogP contribution is 2.17. The first kappa shape index (κ1) is 11.6. The molecule has 0 fully saturated rings. The molecule has 0 aliphatic rings. The van der Waals surface area contributed by atoms with Crippen molar-refractivity contribution in [3.05, 3.63) is 16.6 Å². The number of amides is 2. The fourth-order valence-corrected chi connectivity index (χ4v) is 2.15. The Kier molecular flexibility index (Phi) is 3.40. The average molecular weight is 269 g/mol. The molecular formula is C8H7N5O2S2. The second kappa shape index (κ2) is 4.97. The number of nitrogens with one attached hydrogen (secondary N) is 2. The van der Waals surface area contributed by atoms with E-state index in [1.54, 1.807) is 5.38 Å². The van der Waals surface area contributed by atoms with Crippen LogP contribution in [-0.2, 0) is 4.79 Å². The molecule has 0 aromatic carbocycles. The van der Waals surface area contributed by atoms with Crippen molar-refractivity contribution < 1.29 is 9.59 Å². The normalized spacial score (nSPS) is 9.94. The third kappa shape index (κ3) is 3.04. The van der Waals surface area contributed by atoms with Crippen LogP contribution in [0.25, 0.3) is 0 Å². The van der Waals surface area contributed by atoms with Crippen LogP contribution in [0.3, 0.4) is 0 Å². The molecule has 0 radical (unpaired) electrons. The molecule has 17 heavy (non-hydrogen) atoms. The van der Waals surface area contributed by atoms with Gasteiger partial charge in [-0.3, -0.25) is 14.9 Å². The zero-order valence-corrected chi connectivity index (χ0v) is 10.3. The van der Waals surface area contributed by atoms with Crippen molar-refractivity contribution >= 4 is 44.8 Å². The van der Waals surface area contributed by atoms with Gasteiger partial charge in [0.2, 0.25) is 11.0 Å².